The highest BCUT2D eigenvalue weighted by Gasteiger charge is 2.31. The van der Waals surface area contributed by atoms with Gasteiger partial charge >= 0.3 is 0 Å². The van der Waals surface area contributed by atoms with Crippen LogP contribution in [0.25, 0.3) is 0 Å². The van der Waals surface area contributed by atoms with E-state index in [0.717, 1.165) is 6.07 Å². The van der Waals surface area contributed by atoms with Crippen molar-refractivity contribution in [3.63, 3.8) is 0 Å². The highest BCUT2D eigenvalue weighted by molar-refractivity contribution is 6.30. The molecular weight excluding hydrogens is 273 g/mol. The van der Waals surface area contributed by atoms with Gasteiger partial charge in [0.25, 0.3) is 5.91 Å². The average Bonchev–Trinajstić information content (AvgIpc) is 2.38. The van der Waals surface area contributed by atoms with Gasteiger partial charge in [-0.1, -0.05) is 11.6 Å². The lowest BCUT2D eigenvalue weighted by molar-refractivity contribution is -0.0668. The maximum atomic E-state index is 13.7. The molecule has 1 aliphatic heterocycles. The Bertz CT molecular complexity index is 483. The van der Waals surface area contributed by atoms with Crippen molar-refractivity contribution in [1.82, 2.24) is 4.90 Å². The summed E-state index contributed by atoms with van der Waals surface area (Å²) in [6, 6.07) is 3.80. The molecule has 0 spiro atoms. The van der Waals surface area contributed by atoms with E-state index in [1.54, 1.807) is 0 Å². The molecule has 1 heterocycles. The third-order valence-corrected chi connectivity index (χ3v) is 3.37. The minimum Gasteiger partial charge on any atom is -0.394 e. The molecule has 2 atom stereocenters. The number of rotatable bonds is 2. The molecule has 6 heteroatoms. The molecule has 104 valence electrons. The lowest BCUT2D eigenvalue weighted by Crippen LogP contribution is -2.52. The normalized spacial score (nSPS) is 23.5. The van der Waals surface area contributed by atoms with Crippen LogP contribution < -0.4 is 0 Å². The molecule has 1 amide bonds. The van der Waals surface area contributed by atoms with Gasteiger partial charge in [0.15, 0.2) is 0 Å². The quantitative estimate of drug-likeness (QED) is 0.901. The van der Waals surface area contributed by atoms with Crippen LogP contribution in [0.15, 0.2) is 18.2 Å². The predicted molar refractivity (Wildman–Crippen MR) is 68.7 cm³/mol. The molecule has 1 N–H and O–H groups in total. The number of hydrogen-bond donors (Lipinski definition) is 1. The minimum absolute atomic E-state index is 0.0187. The number of nitrogens with zero attached hydrogens (tertiary/aromatic N) is 1. The van der Waals surface area contributed by atoms with Crippen molar-refractivity contribution in [3.05, 3.63) is 34.6 Å². The number of aliphatic hydroxyl groups excluding tert-OH is 1. The first-order valence-corrected chi connectivity index (χ1v) is 6.39. The molecule has 0 aliphatic carbocycles. The van der Waals surface area contributed by atoms with Crippen molar-refractivity contribution in [2.75, 3.05) is 19.8 Å². The number of carbonyl (C=O) groups excluding carboxylic acids is 1. The summed E-state index contributed by atoms with van der Waals surface area (Å²) in [6.45, 7) is 2.23. The molecule has 1 fully saturated rings. The van der Waals surface area contributed by atoms with E-state index in [4.69, 9.17) is 21.4 Å². The number of benzene rings is 1. The first-order valence-electron chi connectivity index (χ1n) is 6.01. The van der Waals surface area contributed by atoms with Gasteiger partial charge in [0.2, 0.25) is 0 Å². The number of hydrogen-bond acceptors (Lipinski definition) is 3. The van der Waals surface area contributed by atoms with Crippen molar-refractivity contribution in [1.29, 1.82) is 0 Å². The smallest absolute Gasteiger partial charge is 0.257 e. The number of morpholine rings is 1. The Balaban J connectivity index is 2.22. The van der Waals surface area contributed by atoms with Crippen LogP contribution in [0.1, 0.15) is 17.3 Å². The van der Waals surface area contributed by atoms with E-state index in [0.29, 0.717) is 6.61 Å². The molecule has 0 bridgehead atoms. The molecule has 0 radical (unpaired) electrons. The van der Waals surface area contributed by atoms with Crippen LogP contribution in [0.4, 0.5) is 4.39 Å². The fraction of sp³-hybridized carbons (Fsp3) is 0.462. The van der Waals surface area contributed by atoms with Gasteiger partial charge in [0.1, 0.15) is 5.82 Å². The highest BCUT2D eigenvalue weighted by atomic mass is 35.5. The standard InChI is InChI=1S/C13H15ClFNO3/c1-8-7-19-10(6-17)5-16(8)13(18)11-3-2-9(14)4-12(11)15/h2-4,8,10,17H,5-7H2,1H3. The maximum absolute atomic E-state index is 13.7. The largest absolute Gasteiger partial charge is 0.394 e. The summed E-state index contributed by atoms with van der Waals surface area (Å²) in [7, 11) is 0. The molecule has 1 aromatic rings. The van der Waals surface area contributed by atoms with E-state index in [1.165, 1.54) is 17.0 Å². The van der Waals surface area contributed by atoms with Crippen LogP contribution in [0.3, 0.4) is 0 Å². The third-order valence-electron chi connectivity index (χ3n) is 3.13. The Kier molecular flexibility index (Phi) is 4.39. The average molecular weight is 288 g/mol. The van der Waals surface area contributed by atoms with Gasteiger partial charge in [0.05, 0.1) is 30.9 Å². The summed E-state index contributed by atoms with van der Waals surface area (Å²) < 4.78 is 19.1. The van der Waals surface area contributed by atoms with Gasteiger partial charge in [-0.2, -0.15) is 0 Å². The predicted octanol–water partition coefficient (Wildman–Crippen LogP) is 1.70. The SMILES string of the molecule is CC1COC(CO)CN1C(=O)c1ccc(Cl)cc1F. The highest BCUT2D eigenvalue weighted by Crippen LogP contribution is 2.20. The summed E-state index contributed by atoms with van der Waals surface area (Å²) in [5.74, 6) is -1.06. The number of aliphatic hydroxyl groups is 1. The van der Waals surface area contributed by atoms with Crippen molar-refractivity contribution in [3.8, 4) is 0 Å². The third kappa shape index (κ3) is 3.05. The second-order valence-electron chi connectivity index (χ2n) is 4.57. The molecular formula is C13H15ClFNO3. The fourth-order valence-electron chi connectivity index (χ4n) is 2.03. The van der Waals surface area contributed by atoms with E-state index in [9.17, 15) is 9.18 Å². The Hall–Kier alpha value is -1.17. The first-order chi connectivity index (χ1) is 9.02. The molecule has 19 heavy (non-hydrogen) atoms. The van der Waals surface area contributed by atoms with Crippen LogP contribution in [0.5, 0.6) is 0 Å². The second kappa shape index (κ2) is 5.86. The second-order valence-corrected chi connectivity index (χ2v) is 5.01. The Labute approximate surface area is 115 Å². The summed E-state index contributed by atoms with van der Waals surface area (Å²) in [5, 5.41) is 9.33. The summed E-state index contributed by atoms with van der Waals surface area (Å²) in [4.78, 5) is 13.8. The van der Waals surface area contributed by atoms with Crippen molar-refractivity contribution in [2.24, 2.45) is 0 Å². The zero-order valence-electron chi connectivity index (χ0n) is 10.5. The lowest BCUT2D eigenvalue weighted by atomic mass is 10.1. The van der Waals surface area contributed by atoms with Gasteiger partial charge < -0.3 is 14.7 Å². The van der Waals surface area contributed by atoms with Gasteiger partial charge in [-0.25, -0.2) is 4.39 Å². The maximum Gasteiger partial charge on any atom is 0.257 e. The monoisotopic (exact) mass is 287 g/mol. The van der Waals surface area contributed by atoms with Gasteiger partial charge in [-0.3, -0.25) is 4.79 Å². The topological polar surface area (TPSA) is 49.8 Å². The fourth-order valence-corrected chi connectivity index (χ4v) is 2.19. The summed E-state index contributed by atoms with van der Waals surface area (Å²) in [6.07, 6.45) is -0.421. The van der Waals surface area contributed by atoms with Crippen LogP contribution >= 0.6 is 11.6 Å². The van der Waals surface area contributed by atoms with Crippen molar-refractivity contribution >= 4 is 17.5 Å². The molecule has 2 rings (SSSR count). The number of ether oxygens (including phenoxy) is 1. The summed E-state index contributed by atoms with van der Waals surface area (Å²) in [5.41, 5.74) is -0.0187. The molecule has 4 nitrogen and oxygen atoms in total. The number of carbonyl (C=O) groups is 1. The Morgan fingerprint density at radius 2 is 2.37 bits per heavy atom. The minimum atomic E-state index is -0.642. The van der Waals surface area contributed by atoms with Crippen LogP contribution in [-0.4, -0.2) is 47.8 Å². The van der Waals surface area contributed by atoms with E-state index in [1.807, 2.05) is 6.92 Å². The number of amides is 1. The van der Waals surface area contributed by atoms with Crippen LogP contribution in [0, 0.1) is 5.82 Å². The molecule has 0 aromatic heterocycles. The Morgan fingerprint density at radius 3 is 3.00 bits per heavy atom. The molecule has 1 saturated heterocycles. The van der Waals surface area contributed by atoms with Crippen LogP contribution in [0.2, 0.25) is 5.02 Å². The van der Waals surface area contributed by atoms with Crippen molar-refractivity contribution < 1.29 is 19.0 Å². The van der Waals surface area contributed by atoms with Gasteiger partial charge in [-0.15, -0.1) is 0 Å². The zero-order valence-corrected chi connectivity index (χ0v) is 11.2. The number of halogens is 2. The van der Waals surface area contributed by atoms with E-state index in [-0.39, 0.29) is 29.8 Å². The first kappa shape index (κ1) is 14.2. The van der Waals surface area contributed by atoms with Crippen LogP contribution in [-0.2, 0) is 4.74 Å². The van der Waals surface area contributed by atoms with Crippen molar-refractivity contribution in [2.45, 2.75) is 19.1 Å². The molecule has 0 saturated carbocycles. The van der Waals surface area contributed by atoms with Gasteiger partial charge in [0, 0.05) is 11.6 Å². The van der Waals surface area contributed by atoms with Gasteiger partial charge in [-0.05, 0) is 25.1 Å². The van der Waals surface area contributed by atoms with E-state index in [2.05, 4.69) is 0 Å². The molecule has 1 aromatic carbocycles. The summed E-state index contributed by atoms with van der Waals surface area (Å²) >= 11 is 5.66. The zero-order chi connectivity index (χ0) is 14.0. The Morgan fingerprint density at radius 1 is 1.63 bits per heavy atom. The van der Waals surface area contributed by atoms with E-state index < -0.39 is 17.8 Å². The molecule has 1 aliphatic rings. The molecule has 2 unspecified atom stereocenters. The lowest BCUT2D eigenvalue weighted by Gasteiger charge is -2.37. The van der Waals surface area contributed by atoms with E-state index >= 15 is 0 Å².